The molecule has 0 aliphatic carbocycles. The van der Waals surface area contributed by atoms with Crippen molar-refractivity contribution in [3.63, 3.8) is 0 Å². The number of anilines is 3. The number of fused-ring (bicyclic) bond motifs is 1. The summed E-state index contributed by atoms with van der Waals surface area (Å²) >= 11 is 0. The second-order valence-electron chi connectivity index (χ2n) is 6.54. The summed E-state index contributed by atoms with van der Waals surface area (Å²) in [6, 6.07) is 5.12. The Morgan fingerprint density at radius 3 is 2.62 bits per heavy atom. The Kier molecular flexibility index (Phi) is 4.55. The lowest BCUT2D eigenvalue weighted by Gasteiger charge is -2.15. The van der Waals surface area contributed by atoms with E-state index in [1.807, 2.05) is 13.8 Å². The van der Waals surface area contributed by atoms with E-state index < -0.39 is 0 Å². The van der Waals surface area contributed by atoms with E-state index in [2.05, 4.69) is 30.2 Å². The second-order valence-corrected chi connectivity index (χ2v) is 6.54. The summed E-state index contributed by atoms with van der Waals surface area (Å²) in [6.45, 7) is 5.49. The standard InChI is InChI=1S/C20H19N7O2/c1-10-4-5-14(28)11(2)17(10)29-20-16-13(24-9-25-18(16)21)8-15(27-20)26-19-12(3)22-6-7-23-19/h4-9,28H,1-3H3,(H2,21,24,25)(H,23,26,27). The third kappa shape index (κ3) is 3.45. The summed E-state index contributed by atoms with van der Waals surface area (Å²) < 4.78 is 6.12. The third-order valence-electron chi connectivity index (χ3n) is 4.52. The number of nitrogens with zero attached hydrogens (tertiary/aromatic N) is 5. The van der Waals surface area contributed by atoms with E-state index in [0.29, 0.717) is 33.9 Å². The molecule has 0 atom stereocenters. The molecule has 1 aromatic carbocycles. The van der Waals surface area contributed by atoms with Crippen LogP contribution in [0.15, 0.2) is 36.9 Å². The zero-order chi connectivity index (χ0) is 20.5. The van der Waals surface area contributed by atoms with Crippen LogP contribution in [0.5, 0.6) is 17.4 Å². The highest BCUT2D eigenvalue weighted by Crippen LogP contribution is 2.37. The molecular weight excluding hydrogens is 370 g/mol. The first-order valence-electron chi connectivity index (χ1n) is 8.87. The highest BCUT2D eigenvalue weighted by molar-refractivity contribution is 5.94. The van der Waals surface area contributed by atoms with Crippen LogP contribution in [0.1, 0.15) is 16.8 Å². The summed E-state index contributed by atoms with van der Waals surface area (Å²) in [7, 11) is 0. The van der Waals surface area contributed by atoms with E-state index in [1.165, 1.54) is 6.33 Å². The SMILES string of the molecule is Cc1ccc(O)c(C)c1Oc1nc(Nc2nccnc2C)cc2ncnc(N)c12. The number of hydrogen-bond acceptors (Lipinski definition) is 9. The van der Waals surface area contributed by atoms with Crippen molar-refractivity contribution in [1.29, 1.82) is 0 Å². The molecule has 146 valence electrons. The quantitative estimate of drug-likeness (QED) is 0.479. The molecule has 0 aliphatic rings. The van der Waals surface area contributed by atoms with E-state index in [9.17, 15) is 5.11 Å². The fourth-order valence-electron chi connectivity index (χ4n) is 2.93. The number of nitrogens with two attached hydrogens (primary N) is 1. The number of phenolic OH excluding ortho intramolecular Hbond substituents is 1. The number of hydrogen-bond donors (Lipinski definition) is 3. The van der Waals surface area contributed by atoms with Gasteiger partial charge in [-0.1, -0.05) is 6.07 Å². The molecule has 4 aromatic rings. The van der Waals surface area contributed by atoms with Crippen molar-refractivity contribution in [3.8, 4) is 17.4 Å². The maximum absolute atomic E-state index is 10.1. The van der Waals surface area contributed by atoms with Crippen LogP contribution in [-0.2, 0) is 0 Å². The number of ether oxygens (including phenoxy) is 1. The van der Waals surface area contributed by atoms with Crippen LogP contribution < -0.4 is 15.8 Å². The van der Waals surface area contributed by atoms with E-state index in [-0.39, 0.29) is 17.4 Å². The molecule has 0 bridgehead atoms. The number of nitrogens with one attached hydrogen (secondary N) is 1. The molecule has 4 N–H and O–H groups in total. The van der Waals surface area contributed by atoms with Crippen molar-refractivity contribution >= 4 is 28.4 Å². The maximum atomic E-state index is 10.1. The third-order valence-corrected chi connectivity index (χ3v) is 4.52. The van der Waals surface area contributed by atoms with Gasteiger partial charge in [0.15, 0.2) is 5.82 Å². The number of aromatic nitrogens is 5. The summed E-state index contributed by atoms with van der Waals surface area (Å²) in [5.74, 6) is 2.12. The van der Waals surface area contributed by atoms with Gasteiger partial charge in [0.25, 0.3) is 0 Å². The molecule has 0 radical (unpaired) electrons. The smallest absolute Gasteiger partial charge is 0.234 e. The first kappa shape index (κ1) is 18.4. The topological polar surface area (TPSA) is 132 Å². The second kappa shape index (κ2) is 7.19. The van der Waals surface area contributed by atoms with Crippen LogP contribution in [0.25, 0.3) is 10.9 Å². The Balaban J connectivity index is 1.86. The Morgan fingerprint density at radius 2 is 1.83 bits per heavy atom. The van der Waals surface area contributed by atoms with Gasteiger partial charge in [-0.25, -0.2) is 15.0 Å². The Morgan fingerprint density at radius 1 is 1.03 bits per heavy atom. The number of pyridine rings is 1. The Labute approximate surface area is 166 Å². The molecule has 29 heavy (non-hydrogen) atoms. The van der Waals surface area contributed by atoms with E-state index in [1.54, 1.807) is 37.5 Å². The molecule has 0 spiro atoms. The average Bonchev–Trinajstić information content (AvgIpc) is 2.70. The predicted molar refractivity (Wildman–Crippen MR) is 109 cm³/mol. The van der Waals surface area contributed by atoms with Gasteiger partial charge in [-0.3, -0.25) is 4.98 Å². The number of aryl methyl sites for hydroxylation is 2. The van der Waals surface area contributed by atoms with Gasteiger partial charge in [0.1, 0.15) is 34.8 Å². The molecule has 9 heteroatoms. The molecule has 0 saturated carbocycles. The van der Waals surface area contributed by atoms with Crippen LogP contribution in [-0.4, -0.2) is 30.0 Å². The molecule has 3 aromatic heterocycles. The van der Waals surface area contributed by atoms with Crippen molar-refractivity contribution in [2.24, 2.45) is 0 Å². The maximum Gasteiger partial charge on any atom is 0.234 e. The van der Waals surface area contributed by atoms with Gasteiger partial charge in [0.2, 0.25) is 5.88 Å². The molecule has 0 amide bonds. The predicted octanol–water partition coefficient (Wildman–Crippen LogP) is 3.56. The molecule has 0 aliphatic heterocycles. The number of aromatic hydroxyl groups is 1. The minimum atomic E-state index is 0.128. The number of nitrogen functional groups attached to an aromatic ring is 1. The first-order chi connectivity index (χ1) is 13.9. The van der Waals surface area contributed by atoms with Crippen molar-refractivity contribution in [2.45, 2.75) is 20.8 Å². The Hall–Kier alpha value is -4.01. The largest absolute Gasteiger partial charge is 0.508 e. The molecule has 0 saturated heterocycles. The fourth-order valence-corrected chi connectivity index (χ4v) is 2.93. The zero-order valence-electron chi connectivity index (χ0n) is 16.1. The van der Waals surface area contributed by atoms with Crippen molar-refractivity contribution in [1.82, 2.24) is 24.9 Å². The first-order valence-corrected chi connectivity index (χ1v) is 8.87. The summed E-state index contributed by atoms with van der Waals surface area (Å²) in [5.41, 5.74) is 8.80. The number of phenols is 1. The van der Waals surface area contributed by atoms with Gasteiger partial charge in [0, 0.05) is 24.0 Å². The molecular formula is C20H19N7O2. The van der Waals surface area contributed by atoms with Crippen molar-refractivity contribution in [2.75, 3.05) is 11.1 Å². The van der Waals surface area contributed by atoms with E-state index in [4.69, 9.17) is 10.5 Å². The highest BCUT2D eigenvalue weighted by Gasteiger charge is 2.17. The van der Waals surface area contributed by atoms with Crippen LogP contribution in [0, 0.1) is 20.8 Å². The van der Waals surface area contributed by atoms with Gasteiger partial charge in [-0.15, -0.1) is 0 Å². The summed E-state index contributed by atoms with van der Waals surface area (Å²) in [6.07, 6.45) is 4.58. The lowest BCUT2D eigenvalue weighted by molar-refractivity contribution is 0.440. The van der Waals surface area contributed by atoms with Gasteiger partial charge in [-0.2, -0.15) is 4.98 Å². The number of benzene rings is 1. The minimum Gasteiger partial charge on any atom is -0.508 e. The van der Waals surface area contributed by atoms with Crippen molar-refractivity contribution < 1.29 is 9.84 Å². The zero-order valence-corrected chi connectivity index (χ0v) is 16.1. The Bertz CT molecular complexity index is 1230. The average molecular weight is 389 g/mol. The number of rotatable bonds is 4. The van der Waals surface area contributed by atoms with Crippen LogP contribution in [0.2, 0.25) is 0 Å². The van der Waals surface area contributed by atoms with Crippen LogP contribution in [0.4, 0.5) is 17.5 Å². The van der Waals surface area contributed by atoms with E-state index in [0.717, 1.165) is 11.3 Å². The molecule has 4 rings (SSSR count). The van der Waals surface area contributed by atoms with Gasteiger partial charge >= 0.3 is 0 Å². The summed E-state index contributed by atoms with van der Waals surface area (Å²) in [5, 5.41) is 13.7. The van der Waals surface area contributed by atoms with Gasteiger partial charge in [0.05, 0.1) is 11.2 Å². The normalized spacial score (nSPS) is 10.9. The van der Waals surface area contributed by atoms with Crippen molar-refractivity contribution in [3.05, 3.63) is 53.7 Å². The van der Waals surface area contributed by atoms with E-state index >= 15 is 0 Å². The summed E-state index contributed by atoms with van der Waals surface area (Å²) in [4.78, 5) is 21.4. The van der Waals surface area contributed by atoms with Crippen LogP contribution >= 0.6 is 0 Å². The molecule has 0 unspecified atom stereocenters. The van der Waals surface area contributed by atoms with Gasteiger partial charge in [-0.05, 0) is 32.4 Å². The monoisotopic (exact) mass is 389 g/mol. The van der Waals surface area contributed by atoms with Crippen LogP contribution in [0.3, 0.4) is 0 Å². The van der Waals surface area contributed by atoms with Gasteiger partial charge < -0.3 is 20.9 Å². The molecule has 3 heterocycles. The lowest BCUT2D eigenvalue weighted by atomic mass is 10.1. The minimum absolute atomic E-state index is 0.128. The molecule has 9 nitrogen and oxygen atoms in total. The highest BCUT2D eigenvalue weighted by atomic mass is 16.5. The molecule has 0 fully saturated rings. The lowest BCUT2D eigenvalue weighted by Crippen LogP contribution is -2.04. The fraction of sp³-hybridized carbons (Fsp3) is 0.150.